The van der Waals surface area contributed by atoms with E-state index in [9.17, 15) is 4.79 Å². The highest BCUT2D eigenvalue weighted by Crippen LogP contribution is 2.37. The van der Waals surface area contributed by atoms with E-state index in [0.717, 1.165) is 24.0 Å². The van der Waals surface area contributed by atoms with Crippen LogP contribution in [0.3, 0.4) is 0 Å². The highest BCUT2D eigenvalue weighted by Gasteiger charge is 2.41. The molecule has 2 aliphatic rings. The fourth-order valence-electron chi connectivity index (χ4n) is 3.33. The molecule has 2 heterocycles. The molecule has 1 aliphatic heterocycles. The van der Waals surface area contributed by atoms with Crippen LogP contribution >= 0.6 is 0 Å². The van der Waals surface area contributed by atoms with Crippen LogP contribution in [0.5, 0.6) is 0 Å². The first kappa shape index (κ1) is 12.8. The third-order valence-corrected chi connectivity index (χ3v) is 4.40. The quantitative estimate of drug-likeness (QED) is 0.861. The zero-order chi connectivity index (χ0) is 14.3. The summed E-state index contributed by atoms with van der Waals surface area (Å²) in [6, 6.07) is 9.61. The summed E-state index contributed by atoms with van der Waals surface area (Å²) in [5.41, 5.74) is 3.69. The maximum atomic E-state index is 12.7. The number of ether oxygens (including phenoxy) is 2. The predicted octanol–water partition coefficient (Wildman–Crippen LogP) is 2.48. The minimum Gasteiger partial charge on any atom is -0.359 e. The van der Waals surface area contributed by atoms with Crippen molar-refractivity contribution in [2.24, 2.45) is 0 Å². The number of aromatic nitrogens is 1. The van der Waals surface area contributed by atoms with Gasteiger partial charge in [-0.1, -0.05) is 18.2 Å². The lowest BCUT2D eigenvalue weighted by atomic mass is 9.83. The molecule has 1 spiro atoms. The van der Waals surface area contributed by atoms with E-state index in [1.165, 1.54) is 5.56 Å². The maximum absolute atomic E-state index is 12.7. The van der Waals surface area contributed by atoms with E-state index >= 15 is 0 Å². The Hall–Kier alpha value is -1.91. The van der Waals surface area contributed by atoms with E-state index in [-0.39, 0.29) is 5.78 Å². The number of hydrogen-bond donors (Lipinski definition) is 1. The number of carbonyl (C=O) groups excluding carboxylic acids is 1. The lowest BCUT2D eigenvalue weighted by Gasteiger charge is -2.33. The molecule has 108 valence electrons. The standard InChI is InChI=1S/C17H17NO3/c19-16(15-5-2-8-18-15)13-4-1-3-12-6-7-17(11-14(12)13)20-9-10-21-17/h1-5,8,18H,6-7,9-11H2. The second kappa shape index (κ2) is 4.83. The lowest BCUT2D eigenvalue weighted by molar-refractivity contribution is -0.163. The molecule has 0 saturated carbocycles. The molecular weight excluding hydrogens is 266 g/mol. The highest BCUT2D eigenvalue weighted by molar-refractivity contribution is 6.09. The smallest absolute Gasteiger partial charge is 0.209 e. The van der Waals surface area contributed by atoms with Crippen molar-refractivity contribution in [3.63, 3.8) is 0 Å². The molecule has 0 atom stereocenters. The Balaban J connectivity index is 1.75. The van der Waals surface area contributed by atoms with Crippen LogP contribution in [-0.2, 0) is 22.3 Å². The molecule has 0 bridgehead atoms. The SMILES string of the molecule is O=C(c1ccc[nH]1)c1cccc2c1CC1(CC2)OCCO1. The second-order valence-electron chi connectivity index (χ2n) is 5.64. The van der Waals surface area contributed by atoms with E-state index in [1.54, 1.807) is 6.20 Å². The third kappa shape index (κ3) is 2.11. The van der Waals surface area contributed by atoms with E-state index in [2.05, 4.69) is 11.1 Å². The average Bonchev–Trinajstić information content (AvgIpc) is 3.18. The number of H-pyrrole nitrogens is 1. The van der Waals surface area contributed by atoms with E-state index < -0.39 is 5.79 Å². The van der Waals surface area contributed by atoms with Crippen molar-refractivity contribution in [2.45, 2.75) is 25.0 Å². The van der Waals surface area contributed by atoms with Crippen LogP contribution in [0.15, 0.2) is 36.5 Å². The van der Waals surface area contributed by atoms with Gasteiger partial charge < -0.3 is 14.5 Å². The average molecular weight is 283 g/mol. The van der Waals surface area contributed by atoms with Crippen LogP contribution in [0.25, 0.3) is 0 Å². The van der Waals surface area contributed by atoms with Crippen molar-refractivity contribution in [1.29, 1.82) is 0 Å². The maximum Gasteiger partial charge on any atom is 0.209 e. The van der Waals surface area contributed by atoms with E-state index in [1.807, 2.05) is 24.3 Å². The Morgan fingerprint density at radius 3 is 2.76 bits per heavy atom. The topological polar surface area (TPSA) is 51.3 Å². The predicted molar refractivity (Wildman–Crippen MR) is 77.3 cm³/mol. The summed E-state index contributed by atoms with van der Waals surface area (Å²) in [7, 11) is 0. The number of carbonyl (C=O) groups is 1. The van der Waals surface area contributed by atoms with Gasteiger partial charge in [-0.3, -0.25) is 4.79 Å². The molecule has 1 fully saturated rings. The molecule has 2 aromatic rings. The number of rotatable bonds is 2. The highest BCUT2D eigenvalue weighted by atomic mass is 16.7. The van der Waals surface area contributed by atoms with Crippen molar-refractivity contribution in [3.8, 4) is 0 Å². The summed E-state index contributed by atoms with van der Waals surface area (Å²) >= 11 is 0. The van der Waals surface area contributed by atoms with Crippen LogP contribution in [0.2, 0.25) is 0 Å². The van der Waals surface area contributed by atoms with E-state index in [0.29, 0.717) is 25.3 Å². The summed E-state index contributed by atoms with van der Waals surface area (Å²) < 4.78 is 11.6. The summed E-state index contributed by atoms with van der Waals surface area (Å²) in [6.07, 6.45) is 4.18. The zero-order valence-corrected chi connectivity index (χ0v) is 11.7. The third-order valence-electron chi connectivity index (χ3n) is 4.40. The molecule has 4 nitrogen and oxygen atoms in total. The van der Waals surface area contributed by atoms with Gasteiger partial charge in [0.05, 0.1) is 18.9 Å². The molecule has 1 aromatic carbocycles. The molecule has 1 N–H and O–H groups in total. The molecule has 4 rings (SSSR count). The fourth-order valence-corrected chi connectivity index (χ4v) is 3.33. The van der Waals surface area contributed by atoms with Gasteiger partial charge in [-0.2, -0.15) is 0 Å². The van der Waals surface area contributed by atoms with Crippen molar-refractivity contribution in [2.75, 3.05) is 13.2 Å². The Morgan fingerprint density at radius 1 is 1.14 bits per heavy atom. The van der Waals surface area contributed by atoms with Crippen molar-refractivity contribution in [1.82, 2.24) is 4.98 Å². The Labute approximate surface area is 123 Å². The Morgan fingerprint density at radius 2 is 2.00 bits per heavy atom. The molecule has 1 saturated heterocycles. The number of aryl methyl sites for hydroxylation is 1. The molecule has 1 aromatic heterocycles. The van der Waals surface area contributed by atoms with Gasteiger partial charge >= 0.3 is 0 Å². The van der Waals surface area contributed by atoms with Gasteiger partial charge in [0, 0.05) is 24.6 Å². The number of hydrogen-bond acceptors (Lipinski definition) is 3. The van der Waals surface area contributed by atoms with Crippen molar-refractivity contribution in [3.05, 3.63) is 58.9 Å². The molecule has 0 radical (unpaired) electrons. The van der Waals surface area contributed by atoms with Crippen molar-refractivity contribution >= 4 is 5.78 Å². The fraction of sp³-hybridized carbons (Fsp3) is 0.353. The van der Waals surface area contributed by atoms with Crippen LogP contribution in [0.1, 0.15) is 33.6 Å². The van der Waals surface area contributed by atoms with Crippen LogP contribution in [0.4, 0.5) is 0 Å². The lowest BCUT2D eigenvalue weighted by Crippen LogP contribution is -2.37. The summed E-state index contributed by atoms with van der Waals surface area (Å²) in [6.45, 7) is 1.28. The first-order chi connectivity index (χ1) is 10.3. The van der Waals surface area contributed by atoms with Gasteiger partial charge in [-0.25, -0.2) is 0 Å². The van der Waals surface area contributed by atoms with Crippen molar-refractivity contribution < 1.29 is 14.3 Å². The Kier molecular flexibility index (Phi) is 2.94. The normalized spacial score (nSPS) is 19.6. The second-order valence-corrected chi connectivity index (χ2v) is 5.64. The summed E-state index contributed by atoms with van der Waals surface area (Å²) in [4.78, 5) is 15.7. The number of fused-ring (bicyclic) bond motifs is 1. The number of nitrogens with one attached hydrogen (secondary N) is 1. The minimum absolute atomic E-state index is 0.0342. The van der Waals surface area contributed by atoms with Crippen LogP contribution in [-0.4, -0.2) is 29.8 Å². The van der Waals surface area contributed by atoms with Gasteiger partial charge in [0.25, 0.3) is 0 Å². The first-order valence-electron chi connectivity index (χ1n) is 7.34. The summed E-state index contributed by atoms with van der Waals surface area (Å²) in [5, 5.41) is 0. The Bertz CT molecular complexity index is 669. The van der Waals surface area contributed by atoms with Gasteiger partial charge in [0.15, 0.2) is 5.79 Å². The zero-order valence-electron chi connectivity index (χ0n) is 11.7. The van der Waals surface area contributed by atoms with Crippen LogP contribution < -0.4 is 0 Å². The minimum atomic E-state index is -0.515. The first-order valence-corrected chi connectivity index (χ1v) is 7.34. The largest absolute Gasteiger partial charge is 0.359 e. The van der Waals surface area contributed by atoms with Gasteiger partial charge in [0.2, 0.25) is 5.78 Å². The van der Waals surface area contributed by atoms with Gasteiger partial charge in [-0.15, -0.1) is 0 Å². The number of benzene rings is 1. The monoisotopic (exact) mass is 283 g/mol. The van der Waals surface area contributed by atoms with Gasteiger partial charge in [-0.05, 0) is 29.7 Å². The molecular formula is C17H17NO3. The molecule has 0 amide bonds. The number of ketones is 1. The molecule has 1 aliphatic carbocycles. The van der Waals surface area contributed by atoms with Gasteiger partial charge in [0.1, 0.15) is 0 Å². The molecule has 0 unspecified atom stereocenters. The molecule has 4 heteroatoms. The van der Waals surface area contributed by atoms with E-state index in [4.69, 9.17) is 9.47 Å². The summed E-state index contributed by atoms with van der Waals surface area (Å²) in [5.74, 6) is -0.481. The number of aromatic amines is 1. The molecule has 21 heavy (non-hydrogen) atoms. The van der Waals surface area contributed by atoms with Crippen LogP contribution in [0, 0.1) is 0 Å².